The zero-order valence-corrected chi connectivity index (χ0v) is 15.4. The van der Waals surface area contributed by atoms with Crippen molar-refractivity contribution in [2.75, 3.05) is 18.8 Å². The molecule has 1 heterocycles. The number of halogens is 1. The molecule has 1 aromatic carbocycles. The summed E-state index contributed by atoms with van der Waals surface area (Å²) in [7, 11) is -3.41. The molecule has 7 heteroatoms. The number of nitrogens with zero attached hydrogens (tertiary/aromatic N) is 1. The Kier molecular flexibility index (Phi) is 6.28. The molecule has 1 atom stereocenters. The molecule has 1 fully saturated rings. The highest BCUT2D eigenvalue weighted by atomic mass is 35.5. The number of rotatable bonds is 5. The van der Waals surface area contributed by atoms with Crippen molar-refractivity contribution in [1.82, 2.24) is 4.90 Å². The maximum atomic E-state index is 12.5. The van der Waals surface area contributed by atoms with Gasteiger partial charge in [0.1, 0.15) is 0 Å². The number of carbonyl (C=O) groups is 1. The van der Waals surface area contributed by atoms with Gasteiger partial charge < -0.3 is 10.6 Å². The fourth-order valence-electron chi connectivity index (χ4n) is 3.63. The molecule has 3 rings (SSSR count). The SMILES string of the molecule is Cl.NCC1CCCN1C(=O)CCS(=O)(=O)c1ccc2c(c1)CCC2. The Morgan fingerprint density at radius 1 is 1.21 bits per heavy atom. The van der Waals surface area contributed by atoms with Crippen LogP contribution in [-0.4, -0.2) is 44.1 Å². The van der Waals surface area contributed by atoms with Crippen LogP contribution in [0.4, 0.5) is 0 Å². The van der Waals surface area contributed by atoms with Crippen LogP contribution < -0.4 is 5.73 Å². The largest absolute Gasteiger partial charge is 0.338 e. The highest BCUT2D eigenvalue weighted by Gasteiger charge is 2.28. The Balaban J connectivity index is 0.00000208. The van der Waals surface area contributed by atoms with Crippen LogP contribution in [0.3, 0.4) is 0 Å². The van der Waals surface area contributed by atoms with E-state index in [2.05, 4.69) is 0 Å². The van der Waals surface area contributed by atoms with Gasteiger partial charge in [0.05, 0.1) is 10.6 Å². The number of hydrogen-bond donors (Lipinski definition) is 1. The number of nitrogens with two attached hydrogens (primary N) is 1. The van der Waals surface area contributed by atoms with Gasteiger partial charge in [0.2, 0.25) is 5.91 Å². The molecule has 1 amide bonds. The molecule has 1 aromatic rings. The monoisotopic (exact) mass is 372 g/mol. The highest BCUT2D eigenvalue weighted by Crippen LogP contribution is 2.25. The third-order valence-electron chi connectivity index (χ3n) is 4.98. The minimum Gasteiger partial charge on any atom is -0.338 e. The van der Waals surface area contributed by atoms with Crippen molar-refractivity contribution in [2.24, 2.45) is 5.73 Å². The first-order chi connectivity index (χ1) is 11.0. The molecule has 0 spiro atoms. The van der Waals surface area contributed by atoms with Gasteiger partial charge in [-0.2, -0.15) is 0 Å². The van der Waals surface area contributed by atoms with Gasteiger partial charge in [-0.15, -0.1) is 12.4 Å². The van der Waals surface area contributed by atoms with Crippen molar-refractivity contribution >= 4 is 28.2 Å². The Morgan fingerprint density at radius 2 is 1.96 bits per heavy atom. The second kappa shape index (κ2) is 7.85. The predicted octanol–water partition coefficient (Wildman–Crippen LogP) is 1.71. The molecular formula is C17H25ClN2O3S. The normalized spacial score (nSPS) is 19.9. The van der Waals surface area contributed by atoms with Crippen molar-refractivity contribution in [3.63, 3.8) is 0 Å². The summed E-state index contributed by atoms with van der Waals surface area (Å²) in [6.07, 6.45) is 4.97. The number of carbonyl (C=O) groups excluding carboxylic acids is 1. The lowest BCUT2D eigenvalue weighted by molar-refractivity contribution is -0.131. The number of likely N-dealkylation sites (tertiary alicyclic amines) is 1. The zero-order chi connectivity index (χ0) is 16.4. The summed E-state index contributed by atoms with van der Waals surface area (Å²) in [6, 6.07) is 5.47. The third-order valence-corrected chi connectivity index (χ3v) is 6.70. The minimum absolute atomic E-state index is 0. The van der Waals surface area contributed by atoms with Gasteiger partial charge in [0.25, 0.3) is 0 Å². The maximum absolute atomic E-state index is 12.5. The summed E-state index contributed by atoms with van der Waals surface area (Å²) < 4.78 is 25.0. The van der Waals surface area contributed by atoms with Crippen molar-refractivity contribution in [1.29, 1.82) is 0 Å². The molecule has 134 valence electrons. The molecule has 0 aromatic heterocycles. The lowest BCUT2D eigenvalue weighted by Crippen LogP contribution is -2.40. The summed E-state index contributed by atoms with van der Waals surface area (Å²) in [5.74, 6) is -0.221. The van der Waals surface area contributed by atoms with Gasteiger partial charge in [0, 0.05) is 25.6 Å². The van der Waals surface area contributed by atoms with Crippen molar-refractivity contribution in [3.8, 4) is 0 Å². The third kappa shape index (κ3) is 3.92. The van der Waals surface area contributed by atoms with Gasteiger partial charge in [-0.25, -0.2) is 8.42 Å². The number of sulfone groups is 1. The Bertz CT molecular complexity index is 706. The van der Waals surface area contributed by atoms with Crippen LogP contribution in [0.5, 0.6) is 0 Å². The van der Waals surface area contributed by atoms with E-state index in [1.807, 2.05) is 6.07 Å². The molecule has 0 saturated carbocycles. The van der Waals surface area contributed by atoms with Crippen LogP contribution in [0, 0.1) is 0 Å². The fraction of sp³-hybridized carbons (Fsp3) is 0.588. The number of amides is 1. The van der Waals surface area contributed by atoms with Crippen LogP contribution in [0.1, 0.15) is 36.8 Å². The molecule has 0 radical (unpaired) electrons. The van der Waals surface area contributed by atoms with Crippen LogP contribution >= 0.6 is 12.4 Å². The van der Waals surface area contributed by atoms with E-state index in [0.29, 0.717) is 18.0 Å². The second-order valence-electron chi connectivity index (χ2n) is 6.47. The molecule has 2 aliphatic rings. The lowest BCUT2D eigenvalue weighted by Gasteiger charge is -2.23. The standard InChI is InChI=1S/C17H24N2O3S.ClH/c18-12-15-5-2-9-19(15)17(20)8-10-23(21,22)16-7-6-13-3-1-4-14(13)11-16;/h6-7,11,15H,1-5,8-10,12,18H2;1H. The molecule has 1 aliphatic carbocycles. The first-order valence-corrected chi connectivity index (χ1v) is 10.0. The predicted molar refractivity (Wildman–Crippen MR) is 96.2 cm³/mol. The quantitative estimate of drug-likeness (QED) is 0.853. The van der Waals surface area contributed by atoms with Gasteiger partial charge in [-0.05, 0) is 55.4 Å². The molecule has 5 nitrogen and oxygen atoms in total. The van der Waals surface area contributed by atoms with E-state index in [1.54, 1.807) is 17.0 Å². The maximum Gasteiger partial charge on any atom is 0.223 e. The Morgan fingerprint density at radius 3 is 2.71 bits per heavy atom. The summed E-state index contributed by atoms with van der Waals surface area (Å²) in [6.45, 7) is 1.14. The molecule has 2 N–H and O–H groups in total. The summed E-state index contributed by atoms with van der Waals surface area (Å²) in [5.41, 5.74) is 8.07. The fourth-order valence-corrected chi connectivity index (χ4v) is 4.91. The van der Waals surface area contributed by atoms with Crippen molar-refractivity contribution < 1.29 is 13.2 Å². The van der Waals surface area contributed by atoms with E-state index in [-0.39, 0.29) is 36.5 Å². The van der Waals surface area contributed by atoms with Crippen molar-refractivity contribution in [2.45, 2.75) is 49.5 Å². The zero-order valence-electron chi connectivity index (χ0n) is 13.7. The molecule has 1 unspecified atom stereocenters. The minimum atomic E-state index is -3.41. The number of benzene rings is 1. The first kappa shape index (κ1) is 19.2. The topological polar surface area (TPSA) is 80.5 Å². The van der Waals surface area contributed by atoms with E-state index in [4.69, 9.17) is 5.73 Å². The van der Waals surface area contributed by atoms with Crippen LogP contribution in [0.15, 0.2) is 23.1 Å². The van der Waals surface area contributed by atoms with Gasteiger partial charge in [-0.1, -0.05) is 6.07 Å². The Labute approximate surface area is 149 Å². The first-order valence-electron chi connectivity index (χ1n) is 8.35. The van der Waals surface area contributed by atoms with E-state index in [9.17, 15) is 13.2 Å². The summed E-state index contributed by atoms with van der Waals surface area (Å²) >= 11 is 0. The van der Waals surface area contributed by atoms with E-state index in [0.717, 1.165) is 37.7 Å². The van der Waals surface area contributed by atoms with Crippen molar-refractivity contribution in [3.05, 3.63) is 29.3 Å². The second-order valence-corrected chi connectivity index (χ2v) is 8.58. The highest BCUT2D eigenvalue weighted by molar-refractivity contribution is 7.91. The van der Waals surface area contributed by atoms with E-state index in [1.165, 1.54) is 5.56 Å². The number of aryl methyl sites for hydroxylation is 2. The van der Waals surface area contributed by atoms with Crippen LogP contribution in [-0.2, 0) is 27.5 Å². The molecule has 1 aliphatic heterocycles. The van der Waals surface area contributed by atoms with Crippen LogP contribution in [0.25, 0.3) is 0 Å². The summed E-state index contributed by atoms with van der Waals surface area (Å²) in [5, 5.41) is 0. The lowest BCUT2D eigenvalue weighted by atomic mass is 10.1. The number of hydrogen-bond acceptors (Lipinski definition) is 4. The molecule has 0 bridgehead atoms. The van der Waals surface area contributed by atoms with E-state index < -0.39 is 9.84 Å². The molecular weight excluding hydrogens is 348 g/mol. The van der Waals surface area contributed by atoms with Gasteiger partial charge in [-0.3, -0.25) is 4.79 Å². The number of fused-ring (bicyclic) bond motifs is 1. The van der Waals surface area contributed by atoms with Gasteiger partial charge in [0.15, 0.2) is 9.84 Å². The average Bonchev–Trinajstić information content (AvgIpc) is 3.20. The molecule has 24 heavy (non-hydrogen) atoms. The van der Waals surface area contributed by atoms with Crippen LogP contribution in [0.2, 0.25) is 0 Å². The van der Waals surface area contributed by atoms with E-state index >= 15 is 0 Å². The van der Waals surface area contributed by atoms with Gasteiger partial charge >= 0.3 is 0 Å². The summed E-state index contributed by atoms with van der Waals surface area (Å²) in [4.78, 5) is 14.4. The smallest absolute Gasteiger partial charge is 0.223 e. The average molecular weight is 373 g/mol. The Hall–Kier alpha value is -1.11. The molecule has 1 saturated heterocycles.